The lowest BCUT2D eigenvalue weighted by Gasteiger charge is -2.15. The van der Waals surface area contributed by atoms with E-state index in [-0.39, 0.29) is 6.54 Å². The first-order valence-corrected chi connectivity index (χ1v) is 7.56. The SMILES string of the molecule is Cc1ccc(C)c(OCCNS(=O)(=O)N(C)C)c1C. The van der Waals surface area contributed by atoms with E-state index in [9.17, 15) is 8.42 Å². The Morgan fingerprint density at radius 3 is 2.32 bits per heavy atom. The van der Waals surface area contributed by atoms with Gasteiger partial charge in [-0.05, 0) is 37.5 Å². The van der Waals surface area contributed by atoms with Gasteiger partial charge in [-0.15, -0.1) is 0 Å². The molecule has 0 aliphatic carbocycles. The molecule has 0 bridgehead atoms. The summed E-state index contributed by atoms with van der Waals surface area (Å²) in [6.07, 6.45) is 0. The molecule has 1 aromatic carbocycles. The Morgan fingerprint density at radius 2 is 1.74 bits per heavy atom. The molecule has 1 rings (SSSR count). The highest BCUT2D eigenvalue weighted by atomic mass is 32.2. The lowest BCUT2D eigenvalue weighted by molar-refractivity contribution is 0.317. The smallest absolute Gasteiger partial charge is 0.279 e. The molecule has 6 heteroatoms. The molecule has 1 aromatic rings. The first-order valence-electron chi connectivity index (χ1n) is 6.12. The van der Waals surface area contributed by atoms with Crippen molar-refractivity contribution in [3.8, 4) is 5.75 Å². The summed E-state index contributed by atoms with van der Waals surface area (Å²) in [5, 5.41) is 0. The molecule has 0 aliphatic heterocycles. The van der Waals surface area contributed by atoms with Crippen LogP contribution in [0.4, 0.5) is 0 Å². The quantitative estimate of drug-likeness (QED) is 0.804. The summed E-state index contributed by atoms with van der Waals surface area (Å²) in [4.78, 5) is 0. The van der Waals surface area contributed by atoms with Crippen LogP contribution < -0.4 is 9.46 Å². The van der Waals surface area contributed by atoms with Crippen molar-refractivity contribution < 1.29 is 13.2 Å². The topological polar surface area (TPSA) is 58.6 Å². The predicted molar refractivity (Wildman–Crippen MR) is 76.8 cm³/mol. The van der Waals surface area contributed by atoms with E-state index in [1.165, 1.54) is 14.1 Å². The van der Waals surface area contributed by atoms with Crippen LogP contribution in [0.5, 0.6) is 5.75 Å². The van der Waals surface area contributed by atoms with Crippen molar-refractivity contribution in [3.05, 3.63) is 28.8 Å². The Bertz CT molecular complexity index is 539. The van der Waals surface area contributed by atoms with Gasteiger partial charge in [-0.25, -0.2) is 0 Å². The third-order valence-corrected chi connectivity index (χ3v) is 4.52. The molecule has 0 unspecified atom stereocenters. The summed E-state index contributed by atoms with van der Waals surface area (Å²) < 4.78 is 32.2. The molecule has 1 N–H and O–H groups in total. The second-order valence-electron chi connectivity index (χ2n) is 4.68. The van der Waals surface area contributed by atoms with Crippen molar-refractivity contribution in [2.45, 2.75) is 20.8 Å². The molecule has 0 saturated carbocycles. The molecule has 0 fully saturated rings. The Labute approximate surface area is 115 Å². The number of nitrogens with one attached hydrogen (secondary N) is 1. The van der Waals surface area contributed by atoms with Gasteiger partial charge in [-0.3, -0.25) is 0 Å². The summed E-state index contributed by atoms with van der Waals surface area (Å²) in [5.41, 5.74) is 3.31. The van der Waals surface area contributed by atoms with E-state index in [2.05, 4.69) is 4.72 Å². The molecule has 19 heavy (non-hydrogen) atoms. The molecule has 0 aliphatic rings. The average Bonchev–Trinajstić information content (AvgIpc) is 2.33. The zero-order valence-corrected chi connectivity index (χ0v) is 13.0. The Hall–Kier alpha value is -1.11. The standard InChI is InChI=1S/C13H22N2O3S/c1-10-6-7-11(2)13(12(10)3)18-9-8-14-19(16,17)15(4)5/h6-7,14H,8-9H2,1-5H3. The maximum atomic E-state index is 11.5. The molecule has 0 heterocycles. The summed E-state index contributed by atoms with van der Waals surface area (Å²) in [5.74, 6) is 0.837. The maximum absolute atomic E-state index is 11.5. The van der Waals surface area contributed by atoms with Crippen molar-refractivity contribution in [2.24, 2.45) is 0 Å². The third-order valence-electron chi connectivity index (χ3n) is 2.99. The van der Waals surface area contributed by atoms with Crippen LogP contribution in [0.3, 0.4) is 0 Å². The highest BCUT2D eigenvalue weighted by Gasteiger charge is 2.12. The van der Waals surface area contributed by atoms with Gasteiger partial charge in [0.2, 0.25) is 0 Å². The van der Waals surface area contributed by atoms with Crippen LogP contribution in [0.1, 0.15) is 16.7 Å². The summed E-state index contributed by atoms with van der Waals surface area (Å²) in [6, 6.07) is 4.05. The fraction of sp³-hybridized carbons (Fsp3) is 0.538. The highest BCUT2D eigenvalue weighted by Crippen LogP contribution is 2.25. The number of benzene rings is 1. The molecule has 0 radical (unpaired) electrons. The monoisotopic (exact) mass is 286 g/mol. The minimum Gasteiger partial charge on any atom is -0.492 e. The second kappa shape index (κ2) is 6.36. The van der Waals surface area contributed by atoms with E-state index in [4.69, 9.17) is 4.74 Å². The molecule has 0 spiro atoms. The van der Waals surface area contributed by atoms with E-state index in [0.717, 1.165) is 26.7 Å². The Morgan fingerprint density at radius 1 is 1.16 bits per heavy atom. The maximum Gasteiger partial charge on any atom is 0.279 e. The average molecular weight is 286 g/mol. The molecule has 0 amide bonds. The number of rotatable bonds is 6. The van der Waals surface area contributed by atoms with Gasteiger partial charge in [0.1, 0.15) is 12.4 Å². The van der Waals surface area contributed by atoms with E-state index in [1.807, 2.05) is 32.9 Å². The van der Waals surface area contributed by atoms with Gasteiger partial charge < -0.3 is 4.74 Å². The Kier molecular flexibility index (Phi) is 5.34. The third kappa shape index (κ3) is 4.19. The van der Waals surface area contributed by atoms with Gasteiger partial charge >= 0.3 is 0 Å². The van der Waals surface area contributed by atoms with Crippen LogP contribution >= 0.6 is 0 Å². The number of ether oxygens (including phenoxy) is 1. The van der Waals surface area contributed by atoms with Crippen LogP contribution in [0.2, 0.25) is 0 Å². The van der Waals surface area contributed by atoms with Crippen LogP contribution in [0.25, 0.3) is 0 Å². The molecular weight excluding hydrogens is 264 g/mol. The van der Waals surface area contributed by atoms with Crippen molar-refractivity contribution >= 4 is 10.2 Å². The molecule has 5 nitrogen and oxygen atoms in total. The van der Waals surface area contributed by atoms with Gasteiger partial charge in [-0.2, -0.15) is 17.4 Å². The Balaban J connectivity index is 2.58. The molecular formula is C13H22N2O3S. The van der Waals surface area contributed by atoms with Crippen molar-refractivity contribution in [2.75, 3.05) is 27.2 Å². The number of aryl methyl sites for hydroxylation is 2. The van der Waals surface area contributed by atoms with Gasteiger partial charge in [0.05, 0.1) is 0 Å². The fourth-order valence-electron chi connectivity index (χ4n) is 1.60. The van der Waals surface area contributed by atoms with Gasteiger partial charge in [-0.1, -0.05) is 12.1 Å². The largest absolute Gasteiger partial charge is 0.492 e. The van der Waals surface area contributed by atoms with Gasteiger partial charge in [0.25, 0.3) is 10.2 Å². The summed E-state index contributed by atoms with van der Waals surface area (Å²) in [6.45, 7) is 6.55. The minimum atomic E-state index is -3.38. The zero-order chi connectivity index (χ0) is 14.6. The van der Waals surface area contributed by atoms with Crippen LogP contribution in [-0.2, 0) is 10.2 Å². The minimum absolute atomic E-state index is 0.243. The van der Waals surface area contributed by atoms with Gasteiger partial charge in [0.15, 0.2) is 0 Å². The molecule has 0 atom stereocenters. The lowest BCUT2D eigenvalue weighted by atomic mass is 10.1. The van der Waals surface area contributed by atoms with Crippen LogP contribution in [0, 0.1) is 20.8 Å². The summed E-state index contributed by atoms with van der Waals surface area (Å²) >= 11 is 0. The van der Waals surface area contributed by atoms with Crippen LogP contribution in [-0.4, -0.2) is 40.0 Å². The lowest BCUT2D eigenvalue weighted by Crippen LogP contribution is -2.37. The molecule has 0 aromatic heterocycles. The number of nitrogens with zero attached hydrogens (tertiary/aromatic N) is 1. The van der Waals surface area contributed by atoms with E-state index >= 15 is 0 Å². The first-order chi connectivity index (χ1) is 8.75. The van der Waals surface area contributed by atoms with Crippen LogP contribution in [0.15, 0.2) is 12.1 Å². The van der Waals surface area contributed by atoms with E-state index in [1.54, 1.807) is 0 Å². The van der Waals surface area contributed by atoms with Crippen molar-refractivity contribution in [1.29, 1.82) is 0 Å². The second-order valence-corrected chi connectivity index (χ2v) is 6.65. The van der Waals surface area contributed by atoms with Crippen molar-refractivity contribution in [1.82, 2.24) is 9.03 Å². The van der Waals surface area contributed by atoms with E-state index < -0.39 is 10.2 Å². The number of hydrogen-bond donors (Lipinski definition) is 1. The molecule has 0 saturated heterocycles. The number of hydrogen-bond acceptors (Lipinski definition) is 3. The van der Waals surface area contributed by atoms with E-state index in [0.29, 0.717) is 6.61 Å². The highest BCUT2D eigenvalue weighted by molar-refractivity contribution is 7.87. The summed E-state index contributed by atoms with van der Waals surface area (Å²) in [7, 11) is -0.409. The predicted octanol–water partition coefficient (Wildman–Crippen LogP) is 1.39. The first kappa shape index (κ1) is 15.9. The normalized spacial score (nSPS) is 11.9. The van der Waals surface area contributed by atoms with Crippen molar-refractivity contribution in [3.63, 3.8) is 0 Å². The van der Waals surface area contributed by atoms with Gasteiger partial charge in [0, 0.05) is 20.6 Å². The zero-order valence-electron chi connectivity index (χ0n) is 12.1. The molecule has 108 valence electrons. The fourth-order valence-corrected chi connectivity index (χ4v) is 2.20.